The number of hydrogen-bond donors (Lipinski definition) is 0. The molecule has 2 atom stereocenters. The summed E-state index contributed by atoms with van der Waals surface area (Å²) in [5.41, 5.74) is 0. The number of hydrogen-bond acceptors (Lipinski definition) is 2. The van der Waals surface area contributed by atoms with Gasteiger partial charge in [-0.25, -0.2) is 0 Å². The Labute approximate surface area is 89.6 Å². The normalized spacial score (nSPS) is 16.0. The van der Waals surface area contributed by atoms with Crippen LogP contribution in [0.1, 0.15) is 33.6 Å². The van der Waals surface area contributed by atoms with Gasteiger partial charge in [0, 0.05) is 16.9 Å². The monoisotopic (exact) mass is 226 g/mol. The minimum atomic E-state index is 0.748. The van der Waals surface area contributed by atoms with E-state index < -0.39 is 0 Å². The zero-order valence-electron chi connectivity index (χ0n) is 8.18. The van der Waals surface area contributed by atoms with Crippen molar-refractivity contribution in [3.63, 3.8) is 0 Å². The molecule has 0 spiro atoms. The van der Waals surface area contributed by atoms with Gasteiger partial charge in [-0.15, -0.1) is 11.6 Å². The summed E-state index contributed by atoms with van der Waals surface area (Å²) in [6.07, 6.45) is 2.41. The lowest BCUT2D eigenvalue weighted by Gasteiger charge is -2.20. The second-order valence-electron chi connectivity index (χ2n) is 2.90. The first-order chi connectivity index (χ1) is 5.76. The zero-order valence-corrected chi connectivity index (χ0v) is 10.6. The number of alkyl halides is 1. The van der Waals surface area contributed by atoms with E-state index in [2.05, 4.69) is 20.8 Å². The van der Waals surface area contributed by atoms with Crippen LogP contribution in [0.2, 0.25) is 0 Å². The lowest BCUT2D eigenvalue weighted by molar-refractivity contribution is 0.527. The molecule has 0 aliphatic rings. The van der Waals surface area contributed by atoms with E-state index >= 15 is 0 Å². The predicted octanol–water partition coefficient (Wildman–Crippen LogP) is 4.43. The molecular weight excluding hydrogens is 208 g/mol. The van der Waals surface area contributed by atoms with Crippen LogP contribution < -0.4 is 0 Å². The summed E-state index contributed by atoms with van der Waals surface area (Å²) in [5, 5.41) is 0.748. The minimum Gasteiger partial charge on any atom is -0.127 e. The van der Waals surface area contributed by atoms with Gasteiger partial charge in [0.1, 0.15) is 0 Å². The predicted molar refractivity (Wildman–Crippen MR) is 64.3 cm³/mol. The third kappa shape index (κ3) is 5.60. The van der Waals surface area contributed by atoms with Gasteiger partial charge in [0.2, 0.25) is 0 Å². The summed E-state index contributed by atoms with van der Waals surface area (Å²) < 4.78 is 0. The van der Waals surface area contributed by atoms with Crippen molar-refractivity contribution in [3.8, 4) is 0 Å². The quantitative estimate of drug-likeness (QED) is 0.465. The first-order valence-corrected chi connectivity index (χ1v) is 7.52. The fourth-order valence-corrected chi connectivity index (χ4v) is 4.02. The van der Waals surface area contributed by atoms with Crippen molar-refractivity contribution in [3.05, 3.63) is 0 Å². The Balaban J connectivity index is 3.68. The Bertz CT molecular complexity index is 98.5. The fraction of sp³-hybridized carbons (Fsp3) is 1.00. The van der Waals surface area contributed by atoms with E-state index in [1.165, 1.54) is 12.2 Å². The van der Waals surface area contributed by atoms with Crippen molar-refractivity contribution in [2.45, 2.75) is 38.9 Å². The molecule has 12 heavy (non-hydrogen) atoms. The zero-order chi connectivity index (χ0) is 9.40. The average Bonchev–Trinajstić information content (AvgIpc) is 2.11. The van der Waals surface area contributed by atoms with Gasteiger partial charge < -0.3 is 0 Å². The number of halogens is 1. The lowest BCUT2D eigenvalue weighted by atomic mass is 10.0. The van der Waals surface area contributed by atoms with Gasteiger partial charge in [0.15, 0.2) is 0 Å². The van der Waals surface area contributed by atoms with E-state index in [1.54, 1.807) is 0 Å². The molecule has 0 bridgehead atoms. The van der Waals surface area contributed by atoms with Crippen LogP contribution in [0.15, 0.2) is 0 Å². The topological polar surface area (TPSA) is 0 Å². The molecule has 0 aromatic heterocycles. The maximum Gasteiger partial charge on any atom is 0.0234 e. The van der Waals surface area contributed by atoms with Gasteiger partial charge in [0.05, 0.1) is 0 Å². The van der Waals surface area contributed by atoms with Crippen LogP contribution in [0.3, 0.4) is 0 Å². The first kappa shape index (κ1) is 13.0. The van der Waals surface area contributed by atoms with Crippen molar-refractivity contribution in [2.75, 3.05) is 11.6 Å². The summed E-state index contributed by atoms with van der Waals surface area (Å²) in [6, 6.07) is 0. The SMILES string of the molecule is CCSSC(CCCl)C(C)CC. The van der Waals surface area contributed by atoms with Crippen LogP contribution in [-0.4, -0.2) is 16.9 Å². The van der Waals surface area contributed by atoms with Crippen LogP contribution in [0, 0.1) is 5.92 Å². The largest absolute Gasteiger partial charge is 0.127 e. The van der Waals surface area contributed by atoms with Crippen LogP contribution in [0.5, 0.6) is 0 Å². The van der Waals surface area contributed by atoms with Crippen LogP contribution in [0.25, 0.3) is 0 Å². The molecule has 3 heteroatoms. The second-order valence-corrected chi connectivity index (χ2v) is 6.18. The van der Waals surface area contributed by atoms with Gasteiger partial charge in [-0.3, -0.25) is 0 Å². The van der Waals surface area contributed by atoms with E-state index in [4.69, 9.17) is 11.6 Å². The highest BCUT2D eigenvalue weighted by molar-refractivity contribution is 8.76. The number of rotatable bonds is 7. The molecule has 0 fully saturated rings. The van der Waals surface area contributed by atoms with Crippen molar-refractivity contribution in [1.29, 1.82) is 0 Å². The van der Waals surface area contributed by atoms with Crippen LogP contribution in [-0.2, 0) is 0 Å². The Morgan fingerprint density at radius 1 is 1.33 bits per heavy atom. The first-order valence-electron chi connectivity index (χ1n) is 4.60. The van der Waals surface area contributed by atoms with Crippen molar-refractivity contribution < 1.29 is 0 Å². The average molecular weight is 227 g/mol. The van der Waals surface area contributed by atoms with Crippen molar-refractivity contribution in [2.24, 2.45) is 5.92 Å². The third-order valence-electron chi connectivity index (χ3n) is 1.98. The molecule has 0 aromatic rings. The molecule has 0 nitrogen and oxygen atoms in total. The summed E-state index contributed by atoms with van der Waals surface area (Å²) in [6.45, 7) is 6.77. The molecule has 0 aliphatic carbocycles. The molecule has 0 N–H and O–H groups in total. The highest BCUT2D eigenvalue weighted by Gasteiger charge is 2.15. The standard InChI is InChI=1S/C9H19ClS2/c1-4-8(3)9(6-7-10)12-11-5-2/h8-9H,4-7H2,1-3H3. The van der Waals surface area contributed by atoms with Crippen molar-refractivity contribution >= 4 is 33.2 Å². The van der Waals surface area contributed by atoms with Crippen LogP contribution in [0.4, 0.5) is 0 Å². The molecule has 0 aromatic carbocycles. The Kier molecular flexibility index (Phi) is 9.29. The molecule has 2 unspecified atom stereocenters. The van der Waals surface area contributed by atoms with E-state index in [-0.39, 0.29) is 0 Å². The highest BCUT2D eigenvalue weighted by Crippen LogP contribution is 2.34. The fourth-order valence-electron chi connectivity index (χ4n) is 0.953. The highest BCUT2D eigenvalue weighted by atomic mass is 35.5. The maximum absolute atomic E-state index is 5.75. The Hall–Kier alpha value is 0.990. The van der Waals surface area contributed by atoms with E-state index in [1.807, 2.05) is 21.6 Å². The molecule has 0 heterocycles. The lowest BCUT2D eigenvalue weighted by Crippen LogP contribution is -2.13. The summed E-state index contributed by atoms with van der Waals surface area (Å²) in [7, 11) is 3.97. The van der Waals surface area contributed by atoms with Crippen molar-refractivity contribution in [1.82, 2.24) is 0 Å². The Morgan fingerprint density at radius 2 is 2.00 bits per heavy atom. The van der Waals surface area contributed by atoms with E-state index in [9.17, 15) is 0 Å². The molecule has 0 aliphatic heterocycles. The molecule has 0 rings (SSSR count). The molecule has 0 radical (unpaired) electrons. The molecule has 74 valence electrons. The third-order valence-corrected chi connectivity index (χ3v) is 5.38. The molecule has 0 amide bonds. The Morgan fingerprint density at radius 3 is 2.42 bits per heavy atom. The minimum absolute atomic E-state index is 0.748. The summed E-state index contributed by atoms with van der Waals surface area (Å²) in [5.74, 6) is 2.79. The van der Waals surface area contributed by atoms with Gasteiger partial charge in [-0.2, -0.15) is 0 Å². The van der Waals surface area contributed by atoms with E-state index in [0.29, 0.717) is 0 Å². The molecule has 0 saturated heterocycles. The maximum atomic E-state index is 5.75. The van der Waals surface area contributed by atoms with Gasteiger partial charge in [-0.05, 0) is 12.3 Å². The van der Waals surface area contributed by atoms with Gasteiger partial charge in [-0.1, -0.05) is 48.8 Å². The molecule has 0 saturated carbocycles. The van der Waals surface area contributed by atoms with Gasteiger partial charge >= 0.3 is 0 Å². The summed E-state index contributed by atoms with van der Waals surface area (Å²) in [4.78, 5) is 0. The second kappa shape index (κ2) is 8.58. The van der Waals surface area contributed by atoms with E-state index in [0.717, 1.165) is 23.5 Å². The smallest absolute Gasteiger partial charge is 0.0234 e. The molecular formula is C9H19ClS2. The summed E-state index contributed by atoms with van der Waals surface area (Å²) >= 11 is 5.75. The van der Waals surface area contributed by atoms with Crippen LogP contribution >= 0.6 is 33.2 Å². The van der Waals surface area contributed by atoms with Gasteiger partial charge in [0.25, 0.3) is 0 Å².